The van der Waals surface area contributed by atoms with Crippen LogP contribution in [0, 0.1) is 17.0 Å². The highest BCUT2D eigenvalue weighted by atomic mass is 79.9. The van der Waals surface area contributed by atoms with Crippen molar-refractivity contribution in [3.05, 3.63) is 72.8 Å². The Morgan fingerprint density at radius 2 is 2.17 bits per heavy atom. The molecule has 0 spiro atoms. The number of rotatable bonds is 6. The second-order valence-corrected chi connectivity index (χ2v) is 9.48. The number of benzene rings is 1. The number of carbonyl (C=O) groups excluding carboxylic acids is 1. The van der Waals surface area contributed by atoms with Crippen LogP contribution in [0.3, 0.4) is 0 Å². The molecule has 7 nitrogen and oxygen atoms in total. The van der Waals surface area contributed by atoms with Crippen molar-refractivity contribution in [1.29, 1.82) is 0 Å². The van der Waals surface area contributed by atoms with Crippen LogP contribution in [0.4, 0.5) is 10.8 Å². The Labute approximate surface area is 180 Å². The third kappa shape index (κ3) is 4.56. The third-order valence-electron chi connectivity index (χ3n) is 4.91. The summed E-state index contributed by atoms with van der Waals surface area (Å²) in [5.74, 6) is -0.0751. The molecule has 1 aromatic carbocycles. The molecular formula is C20H19BrN4O3S. The molecule has 1 unspecified atom stereocenters. The maximum absolute atomic E-state index is 12.3. The maximum atomic E-state index is 12.3. The lowest BCUT2D eigenvalue weighted by atomic mass is 9.97. The molecule has 1 atom stereocenters. The van der Waals surface area contributed by atoms with Gasteiger partial charge >= 0.3 is 0 Å². The average Bonchev–Trinajstić information content (AvgIpc) is 3.44. The molecule has 1 heterocycles. The molecule has 1 amide bonds. The van der Waals surface area contributed by atoms with E-state index in [1.165, 1.54) is 17.4 Å². The number of aromatic nitrogens is 1. The Morgan fingerprint density at radius 3 is 2.83 bits per heavy atom. The number of nitrogens with one attached hydrogen (secondary N) is 2. The fraction of sp³-hybridized carbons (Fsp3) is 0.300. The summed E-state index contributed by atoms with van der Waals surface area (Å²) in [4.78, 5) is 27.5. The SMILES string of the molecule is Cc1ccc(C(=O)NC2CC2)cc1Nc1nc(C2C=CC([N+](=O)[O-])=CC2)c(Br)s1. The summed E-state index contributed by atoms with van der Waals surface area (Å²) in [6.07, 6.45) is 7.59. The van der Waals surface area contributed by atoms with Crippen LogP contribution < -0.4 is 10.6 Å². The number of nitro groups is 1. The number of anilines is 2. The first-order valence-corrected chi connectivity index (χ1v) is 10.9. The van der Waals surface area contributed by atoms with E-state index in [9.17, 15) is 14.9 Å². The summed E-state index contributed by atoms with van der Waals surface area (Å²) >= 11 is 5.02. The molecule has 0 radical (unpaired) electrons. The predicted molar refractivity (Wildman–Crippen MR) is 116 cm³/mol. The number of aryl methyl sites for hydroxylation is 1. The Kier molecular flexibility index (Phi) is 5.51. The van der Waals surface area contributed by atoms with Crippen LogP contribution in [0.15, 0.2) is 45.9 Å². The summed E-state index contributed by atoms with van der Waals surface area (Å²) in [7, 11) is 0. The van der Waals surface area contributed by atoms with Crippen molar-refractivity contribution in [3.63, 3.8) is 0 Å². The van der Waals surface area contributed by atoms with E-state index in [0.29, 0.717) is 23.2 Å². The van der Waals surface area contributed by atoms with E-state index >= 15 is 0 Å². The molecule has 1 saturated carbocycles. The molecule has 9 heteroatoms. The van der Waals surface area contributed by atoms with Gasteiger partial charge in [-0.05, 0) is 65.9 Å². The molecule has 0 aliphatic heterocycles. The number of allylic oxidation sites excluding steroid dienone is 3. The van der Waals surface area contributed by atoms with E-state index in [1.54, 1.807) is 6.08 Å². The molecule has 1 fully saturated rings. The first-order valence-electron chi connectivity index (χ1n) is 9.28. The molecule has 0 saturated heterocycles. The second-order valence-electron chi connectivity index (χ2n) is 7.17. The van der Waals surface area contributed by atoms with Crippen LogP contribution >= 0.6 is 27.3 Å². The van der Waals surface area contributed by atoms with Gasteiger partial charge in [0.2, 0.25) is 0 Å². The Balaban J connectivity index is 1.51. The normalized spacial score (nSPS) is 18.3. The van der Waals surface area contributed by atoms with Crippen molar-refractivity contribution in [1.82, 2.24) is 10.3 Å². The zero-order valence-corrected chi connectivity index (χ0v) is 18.0. The summed E-state index contributed by atoms with van der Waals surface area (Å²) < 4.78 is 0.882. The van der Waals surface area contributed by atoms with E-state index in [0.717, 1.165) is 33.6 Å². The molecule has 2 aliphatic rings. The second kappa shape index (κ2) is 8.08. The summed E-state index contributed by atoms with van der Waals surface area (Å²) in [5, 5.41) is 17.9. The molecular weight excluding hydrogens is 456 g/mol. The van der Waals surface area contributed by atoms with Crippen molar-refractivity contribution in [2.45, 2.75) is 38.1 Å². The van der Waals surface area contributed by atoms with Crippen LogP contribution in [0.25, 0.3) is 0 Å². The van der Waals surface area contributed by atoms with E-state index in [4.69, 9.17) is 0 Å². The van der Waals surface area contributed by atoms with Gasteiger partial charge in [-0.1, -0.05) is 23.5 Å². The number of hydrogen-bond donors (Lipinski definition) is 2. The monoisotopic (exact) mass is 474 g/mol. The van der Waals surface area contributed by atoms with Gasteiger partial charge in [-0.3, -0.25) is 14.9 Å². The third-order valence-corrected chi connectivity index (χ3v) is 6.57. The van der Waals surface area contributed by atoms with Gasteiger partial charge in [0.25, 0.3) is 11.6 Å². The smallest absolute Gasteiger partial charge is 0.265 e. The zero-order valence-electron chi connectivity index (χ0n) is 15.6. The number of nitrogens with zero attached hydrogens (tertiary/aromatic N) is 2. The standard InChI is InChI=1S/C20H19BrN4O3S/c1-11-2-3-13(19(26)22-14-6-7-14)10-16(11)23-20-24-17(18(21)29-20)12-4-8-15(9-5-12)25(27)28/h2-4,8-10,12,14H,5-7H2,1H3,(H,22,26)(H,23,24). The first kappa shape index (κ1) is 19.8. The van der Waals surface area contributed by atoms with Crippen molar-refractivity contribution in [2.75, 3.05) is 5.32 Å². The van der Waals surface area contributed by atoms with Crippen molar-refractivity contribution in [3.8, 4) is 0 Å². The van der Waals surface area contributed by atoms with Crippen molar-refractivity contribution < 1.29 is 9.72 Å². The average molecular weight is 475 g/mol. The van der Waals surface area contributed by atoms with Gasteiger partial charge in [0.15, 0.2) is 5.13 Å². The highest BCUT2D eigenvalue weighted by Gasteiger charge is 2.24. The molecule has 2 N–H and O–H groups in total. The first-order chi connectivity index (χ1) is 13.9. The molecule has 1 aromatic heterocycles. The molecule has 4 rings (SSSR count). The topological polar surface area (TPSA) is 97.2 Å². The quantitative estimate of drug-likeness (QED) is 0.450. The van der Waals surface area contributed by atoms with Crippen LogP contribution in [0.5, 0.6) is 0 Å². The fourth-order valence-corrected chi connectivity index (χ4v) is 4.67. The highest BCUT2D eigenvalue weighted by Crippen LogP contribution is 2.38. The van der Waals surface area contributed by atoms with Crippen molar-refractivity contribution in [2.24, 2.45) is 0 Å². The number of hydrogen-bond acceptors (Lipinski definition) is 6. The van der Waals surface area contributed by atoms with Gasteiger partial charge in [-0.25, -0.2) is 4.98 Å². The highest BCUT2D eigenvalue weighted by molar-refractivity contribution is 9.11. The molecule has 150 valence electrons. The summed E-state index contributed by atoms with van der Waals surface area (Å²) in [6, 6.07) is 5.90. The minimum absolute atomic E-state index is 0.0170. The molecule has 0 bridgehead atoms. The lowest BCUT2D eigenvalue weighted by molar-refractivity contribution is -0.419. The molecule has 2 aromatic rings. The maximum Gasteiger partial charge on any atom is 0.265 e. The Bertz CT molecular complexity index is 1040. The minimum Gasteiger partial charge on any atom is -0.349 e. The minimum atomic E-state index is -0.384. The van der Waals surface area contributed by atoms with Crippen LogP contribution in [-0.4, -0.2) is 21.9 Å². The Morgan fingerprint density at radius 1 is 1.38 bits per heavy atom. The largest absolute Gasteiger partial charge is 0.349 e. The van der Waals surface area contributed by atoms with Crippen LogP contribution in [0.2, 0.25) is 0 Å². The van der Waals surface area contributed by atoms with Crippen LogP contribution in [-0.2, 0) is 0 Å². The van der Waals surface area contributed by atoms with E-state index in [-0.39, 0.29) is 22.4 Å². The number of amides is 1. The lowest BCUT2D eigenvalue weighted by Crippen LogP contribution is -2.25. The van der Waals surface area contributed by atoms with Crippen molar-refractivity contribution >= 4 is 44.0 Å². The summed E-state index contributed by atoms with van der Waals surface area (Å²) in [6.45, 7) is 1.97. The van der Waals surface area contributed by atoms with E-state index in [1.807, 2.05) is 31.2 Å². The summed E-state index contributed by atoms with van der Waals surface area (Å²) in [5.41, 5.74) is 3.41. The lowest BCUT2D eigenvalue weighted by Gasteiger charge is -2.11. The number of carbonyl (C=O) groups is 1. The van der Waals surface area contributed by atoms with Gasteiger partial charge in [0.1, 0.15) is 0 Å². The number of halogens is 1. The van der Waals surface area contributed by atoms with E-state index in [2.05, 4.69) is 31.5 Å². The van der Waals surface area contributed by atoms with Gasteiger partial charge in [0, 0.05) is 29.3 Å². The van der Waals surface area contributed by atoms with Gasteiger partial charge in [-0.2, -0.15) is 0 Å². The van der Waals surface area contributed by atoms with Gasteiger partial charge in [0.05, 0.1) is 14.4 Å². The Hall–Kier alpha value is -2.52. The molecule has 2 aliphatic carbocycles. The number of thiazole rings is 1. The van der Waals surface area contributed by atoms with Gasteiger partial charge < -0.3 is 10.6 Å². The predicted octanol–water partition coefficient (Wildman–Crippen LogP) is 5.05. The zero-order chi connectivity index (χ0) is 20.5. The van der Waals surface area contributed by atoms with Crippen LogP contribution in [0.1, 0.15) is 46.8 Å². The van der Waals surface area contributed by atoms with Gasteiger partial charge in [-0.15, -0.1) is 0 Å². The fourth-order valence-electron chi connectivity index (χ4n) is 3.05. The van der Waals surface area contributed by atoms with E-state index < -0.39 is 0 Å². The molecule has 29 heavy (non-hydrogen) atoms.